The Morgan fingerprint density at radius 3 is 2.47 bits per heavy atom. The van der Waals surface area contributed by atoms with Crippen molar-refractivity contribution in [1.29, 1.82) is 0 Å². The number of fused-ring (bicyclic) bond motifs is 1. The number of hydrogen-bond acceptors (Lipinski definition) is 2. The van der Waals surface area contributed by atoms with Gasteiger partial charge in [0.1, 0.15) is 0 Å². The van der Waals surface area contributed by atoms with Crippen LogP contribution in [0.4, 0.5) is 0 Å². The fraction of sp³-hybridized carbons (Fsp3) is 0.538. The summed E-state index contributed by atoms with van der Waals surface area (Å²) in [7, 11) is 0. The van der Waals surface area contributed by atoms with E-state index in [2.05, 4.69) is 43.7 Å². The molecule has 0 saturated heterocycles. The quantitative estimate of drug-likeness (QED) is 0.723. The Bertz CT molecular complexity index is 403. The Labute approximate surface area is 91.5 Å². The molecular formula is C13H18N2. The van der Waals surface area contributed by atoms with Crippen molar-refractivity contribution in [3.8, 4) is 0 Å². The van der Waals surface area contributed by atoms with Gasteiger partial charge in [0, 0.05) is 11.8 Å². The fourth-order valence-electron chi connectivity index (χ4n) is 1.90. The monoisotopic (exact) mass is 202 g/mol. The van der Waals surface area contributed by atoms with Crippen LogP contribution in [0.1, 0.15) is 50.4 Å². The van der Waals surface area contributed by atoms with Gasteiger partial charge in [0.15, 0.2) is 0 Å². The van der Waals surface area contributed by atoms with Crippen molar-refractivity contribution in [2.24, 2.45) is 10.9 Å². The summed E-state index contributed by atoms with van der Waals surface area (Å²) in [6.07, 6.45) is 1.99. The summed E-state index contributed by atoms with van der Waals surface area (Å²) >= 11 is 0. The summed E-state index contributed by atoms with van der Waals surface area (Å²) < 4.78 is 0. The molecule has 0 aliphatic carbocycles. The Kier molecular flexibility index (Phi) is 2.59. The van der Waals surface area contributed by atoms with E-state index in [9.17, 15) is 0 Å². The van der Waals surface area contributed by atoms with Crippen LogP contribution in [0.5, 0.6) is 0 Å². The standard InChI is InChI=1S/C13H18N2/c1-8(2)10-5-11-7-14-12(9(3)4)13(11)15-6-10/h5-6,8-9H,7H2,1-4H3. The summed E-state index contributed by atoms with van der Waals surface area (Å²) in [6.45, 7) is 9.56. The summed E-state index contributed by atoms with van der Waals surface area (Å²) in [6, 6.07) is 2.26. The number of nitrogens with zero attached hydrogens (tertiary/aromatic N) is 2. The van der Waals surface area contributed by atoms with Gasteiger partial charge in [-0.3, -0.25) is 9.98 Å². The first-order valence-corrected chi connectivity index (χ1v) is 5.63. The van der Waals surface area contributed by atoms with E-state index < -0.39 is 0 Å². The lowest BCUT2D eigenvalue weighted by Crippen LogP contribution is -2.09. The van der Waals surface area contributed by atoms with Crippen LogP contribution in [-0.2, 0) is 6.54 Å². The Morgan fingerprint density at radius 1 is 1.13 bits per heavy atom. The molecule has 2 nitrogen and oxygen atoms in total. The van der Waals surface area contributed by atoms with Gasteiger partial charge in [0.2, 0.25) is 0 Å². The molecule has 1 aromatic rings. The molecule has 0 fully saturated rings. The average Bonchev–Trinajstić information content (AvgIpc) is 2.59. The van der Waals surface area contributed by atoms with Crippen molar-refractivity contribution >= 4 is 5.71 Å². The average molecular weight is 202 g/mol. The highest BCUT2D eigenvalue weighted by atomic mass is 14.8. The maximum Gasteiger partial charge on any atom is 0.0893 e. The Morgan fingerprint density at radius 2 is 1.87 bits per heavy atom. The maximum atomic E-state index is 4.56. The third-order valence-electron chi connectivity index (χ3n) is 2.86. The number of pyridine rings is 1. The van der Waals surface area contributed by atoms with Crippen molar-refractivity contribution in [2.45, 2.75) is 40.2 Å². The molecule has 0 N–H and O–H groups in total. The van der Waals surface area contributed by atoms with Gasteiger partial charge < -0.3 is 0 Å². The second-order valence-electron chi connectivity index (χ2n) is 4.79. The molecule has 0 spiro atoms. The van der Waals surface area contributed by atoms with Crippen LogP contribution >= 0.6 is 0 Å². The second kappa shape index (κ2) is 3.76. The van der Waals surface area contributed by atoms with E-state index in [0.717, 1.165) is 12.2 Å². The summed E-state index contributed by atoms with van der Waals surface area (Å²) in [5, 5.41) is 0. The minimum atomic E-state index is 0.476. The van der Waals surface area contributed by atoms with Crippen LogP contribution in [-0.4, -0.2) is 10.7 Å². The van der Waals surface area contributed by atoms with Crippen molar-refractivity contribution in [1.82, 2.24) is 4.98 Å². The largest absolute Gasteiger partial charge is 0.282 e. The zero-order valence-electron chi connectivity index (χ0n) is 9.91. The van der Waals surface area contributed by atoms with Crippen LogP contribution in [0.15, 0.2) is 17.3 Å². The molecule has 0 radical (unpaired) electrons. The number of aromatic nitrogens is 1. The highest BCUT2D eigenvalue weighted by molar-refractivity contribution is 6.03. The maximum absolute atomic E-state index is 4.56. The predicted octanol–water partition coefficient (Wildman–Crippen LogP) is 3.16. The molecule has 1 aromatic heterocycles. The molecule has 0 aromatic carbocycles. The fourth-order valence-corrected chi connectivity index (χ4v) is 1.90. The highest BCUT2D eigenvalue weighted by Crippen LogP contribution is 2.24. The molecule has 2 rings (SSSR count). The third-order valence-corrected chi connectivity index (χ3v) is 2.86. The first kappa shape index (κ1) is 10.3. The molecule has 0 saturated carbocycles. The Balaban J connectivity index is 2.38. The van der Waals surface area contributed by atoms with Crippen molar-refractivity contribution in [2.75, 3.05) is 0 Å². The molecule has 0 atom stereocenters. The summed E-state index contributed by atoms with van der Waals surface area (Å²) in [5.41, 5.74) is 4.90. The van der Waals surface area contributed by atoms with Crippen molar-refractivity contribution in [3.05, 3.63) is 29.1 Å². The van der Waals surface area contributed by atoms with Crippen LogP contribution in [0.2, 0.25) is 0 Å². The van der Waals surface area contributed by atoms with Crippen LogP contribution in [0.3, 0.4) is 0 Å². The van der Waals surface area contributed by atoms with Crippen LogP contribution in [0, 0.1) is 5.92 Å². The zero-order valence-corrected chi connectivity index (χ0v) is 9.91. The topological polar surface area (TPSA) is 25.2 Å². The first-order chi connectivity index (χ1) is 7.09. The van der Waals surface area contributed by atoms with E-state index in [1.54, 1.807) is 0 Å². The first-order valence-electron chi connectivity index (χ1n) is 5.63. The van der Waals surface area contributed by atoms with Gasteiger partial charge in [0.25, 0.3) is 0 Å². The van der Waals surface area contributed by atoms with Gasteiger partial charge in [-0.05, 0) is 23.5 Å². The smallest absolute Gasteiger partial charge is 0.0893 e. The van der Waals surface area contributed by atoms with Gasteiger partial charge in [-0.2, -0.15) is 0 Å². The minimum absolute atomic E-state index is 0.476. The van der Waals surface area contributed by atoms with E-state index in [4.69, 9.17) is 0 Å². The van der Waals surface area contributed by atoms with Gasteiger partial charge in [-0.15, -0.1) is 0 Å². The number of aliphatic imine (C=N–C) groups is 1. The molecule has 15 heavy (non-hydrogen) atoms. The SMILES string of the molecule is CC(C)C1=NCc2cc(C(C)C)cnc21. The molecule has 1 aliphatic heterocycles. The highest BCUT2D eigenvalue weighted by Gasteiger charge is 2.20. The van der Waals surface area contributed by atoms with Crippen molar-refractivity contribution in [3.63, 3.8) is 0 Å². The lowest BCUT2D eigenvalue weighted by Gasteiger charge is -2.09. The molecule has 2 heterocycles. The second-order valence-corrected chi connectivity index (χ2v) is 4.79. The van der Waals surface area contributed by atoms with E-state index in [1.807, 2.05) is 6.20 Å². The summed E-state index contributed by atoms with van der Waals surface area (Å²) in [5.74, 6) is 1.02. The third kappa shape index (κ3) is 1.81. The van der Waals surface area contributed by atoms with E-state index in [-0.39, 0.29) is 0 Å². The molecule has 0 bridgehead atoms. The zero-order chi connectivity index (χ0) is 11.0. The van der Waals surface area contributed by atoms with Gasteiger partial charge in [-0.1, -0.05) is 27.7 Å². The van der Waals surface area contributed by atoms with Crippen LogP contribution in [0.25, 0.3) is 0 Å². The van der Waals surface area contributed by atoms with E-state index in [1.165, 1.54) is 16.8 Å². The molecule has 0 unspecified atom stereocenters. The van der Waals surface area contributed by atoms with Gasteiger partial charge in [0.05, 0.1) is 18.0 Å². The van der Waals surface area contributed by atoms with Gasteiger partial charge >= 0.3 is 0 Å². The molecule has 1 aliphatic rings. The van der Waals surface area contributed by atoms with Gasteiger partial charge in [-0.25, -0.2) is 0 Å². The lowest BCUT2D eigenvalue weighted by atomic mass is 9.99. The number of hydrogen-bond donors (Lipinski definition) is 0. The Hall–Kier alpha value is -1.18. The van der Waals surface area contributed by atoms with Crippen LogP contribution < -0.4 is 0 Å². The number of rotatable bonds is 2. The van der Waals surface area contributed by atoms with E-state index >= 15 is 0 Å². The normalized spacial score (nSPS) is 14.7. The van der Waals surface area contributed by atoms with Crippen molar-refractivity contribution < 1.29 is 0 Å². The molecule has 2 heteroatoms. The predicted molar refractivity (Wildman–Crippen MR) is 63.4 cm³/mol. The molecular weight excluding hydrogens is 184 g/mol. The summed E-state index contributed by atoms with van der Waals surface area (Å²) in [4.78, 5) is 9.11. The van der Waals surface area contributed by atoms with E-state index in [0.29, 0.717) is 11.8 Å². The lowest BCUT2D eigenvalue weighted by molar-refractivity contribution is 0.851. The molecule has 80 valence electrons. The minimum Gasteiger partial charge on any atom is -0.282 e. The molecule has 0 amide bonds.